The van der Waals surface area contributed by atoms with Crippen molar-refractivity contribution in [3.63, 3.8) is 0 Å². The van der Waals surface area contributed by atoms with E-state index in [4.69, 9.17) is 13.9 Å². The lowest BCUT2D eigenvalue weighted by molar-refractivity contribution is -0.279. The molecular formula is C21H18O13. The average Bonchev–Trinajstić information content (AvgIpc) is 2.79. The summed E-state index contributed by atoms with van der Waals surface area (Å²) in [5, 5.41) is 77.9. The van der Waals surface area contributed by atoms with Crippen LogP contribution in [0.1, 0.15) is 0 Å². The van der Waals surface area contributed by atoms with Crippen molar-refractivity contribution >= 4 is 16.9 Å². The van der Waals surface area contributed by atoms with Gasteiger partial charge >= 0.3 is 5.97 Å². The van der Waals surface area contributed by atoms with Crippen molar-refractivity contribution in [1.29, 1.82) is 0 Å². The number of benzene rings is 2. The van der Waals surface area contributed by atoms with E-state index in [1.54, 1.807) is 0 Å². The van der Waals surface area contributed by atoms with Crippen molar-refractivity contribution in [2.75, 3.05) is 0 Å². The molecule has 1 saturated heterocycles. The van der Waals surface area contributed by atoms with Crippen molar-refractivity contribution in [2.24, 2.45) is 0 Å². The molecule has 1 aliphatic rings. The smallest absolute Gasteiger partial charge is 0.343 e. The molecule has 1 aliphatic heterocycles. The zero-order valence-corrected chi connectivity index (χ0v) is 16.9. The molecule has 0 spiro atoms. The van der Waals surface area contributed by atoms with Gasteiger partial charge in [0, 0.05) is 17.7 Å². The van der Waals surface area contributed by atoms with Gasteiger partial charge in [-0.1, -0.05) is 0 Å². The first-order valence-electron chi connectivity index (χ1n) is 9.64. The van der Waals surface area contributed by atoms with Gasteiger partial charge in [-0.3, -0.25) is 4.79 Å². The average molecular weight is 478 g/mol. The highest BCUT2D eigenvalue weighted by atomic mass is 16.7. The fourth-order valence-corrected chi connectivity index (χ4v) is 3.39. The topological polar surface area (TPSA) is 228 Å². The lowest BCUT2D eigenvalue weighted by Gasteiger charge is -2.36. The molecule has 13 heteroatoms. The predicted octanol–water partition coefficient (Wildman–Crippen LogP) is -1.01. The van der Waals surface area contributed by atoms with E-state index in [0.29, 0.717) is 0 Å². The van der Waals surface area contributed by atoms with Crippen LogP contribution in [0.3, 0.4) is 0 Å². The molecule has 180 valence electrons. The van der Waals surface area contributed by atoms with Crippen LogP contribution in [0.25, 0.3) is 22.3 Å². The Morgan fingerprint density at radius 2 is 1.56 bits per heavy atom. The minimum Gasteiger partial charge on any atom is -0.504 e. The number of hydrogen-bond donors (Lipinski definition) is 8. The Morgan fingerprint density at radius 1 is 0.853 bits per heavy atom. The van der Waals surface area contributed by atoms with Gasteiger partial charge in [0.15, 0.2) is 40.8 Å². The zero-order chi connectivity index (χ0) is 24.9. The number of aromatic hydroxyl groups is 4. The van der Waals surface area contributed by atoms with Crippen LogP contribution in [0.2, 0.25) is 0 Å². The Kier molecular flexibility index (Phi) is 5.80. The highest BCUT2D eigenvalue weighted by Gasteiger charge is 2.47. The van der Waals surface area contributed by atoms with E-state index in [-0.39, 0.29) is 16.9 Å². The predicted molar refractivity (Wildman–Crippen MR) is 109 cm³/mol. The summed E-state index contributed by atoms with van der Waals surface area (Å²) in [6.45, 7) is 0. The van der Waals surface area contributed by atoms with Gasteiger partial charge in [-0.15, -0.1) is 0 Å². The van der Waals surface area contributed by atoms with E-state index in [1.165, 1.54) is 6.07 Å². The number of carbonyl (C=O) groups excluding carboxylic acids is 1. The van der Waals surface area contributed by atoms with Gasteiger partial charge < -0.3 is 54.7 Å². The zero-order valence-electron chi connectivity index (χ0n) is 16.9. The first-order chi connectivity index (χ1) is 16.0. The van der Waals surface area contributed by atoms with E-state index in [2.05, 4.69) is 0 Å². The fourth-order valence-electron chi connectivity index (χ4n) is 3.39. The Morgan fingerprint density at radius 3 is 2.24 bits per heavy atom. The molecule has 0 bridgehead atoms. The van der Waals surface area contributed by atoms with Gasteiger partial charge in [-0.25, -0.2) is 4.79 Å². The summed E-state index contributed by atoms with van der Waals surface area (Å²) in [6, 6.07) is 5.41. The molecule has 3 aromatic rings. The minimum absolute atomic E-state index is 0.110. The fraction of sp³-hybridized carbons (Fsp3) is 0.238. The molecular weight excluding hydrogens is 460 g/mol. The molecule has 2 aromatic carbocycles. The third-order valence-corrected chi connectivity index (χ3v) is 5.22. The summed E-state index contributed by atoms with van der Waals surface area (Å²) in [5.41, 5.74) is -0.991. The number of ether oxygens (including phenoxy) is 2. The highest BCUT2D eigenvalue weighted by Crippen LogP contribution is 2.42. The second kappa shape index (κ2) is 8.48. The second-order valence-electron chi connectivity index (χ2n) is 7.46. The molecule has 5 unspecified atom stereocenters. The number of hydrogen-bond acceptors (Lipinski definition) is 13. The van der Waals surface area contributed by atoms with Crippen molar-refractivity contribution in [3.05, 3.63) is 40.6 Å². The SMILES string of the molecule is O=C(Oc1cc2oc(-c3ccc(O)c(O)c3)cc(=O)c2c(O)c1O)C1OC(O)C(O)C(O)C1O. The van der Waals surface area contributed by atoms with Gasteiger partial charge in [0.1, 0.15) is 35.0 Å². The van der Waals surface area contributed by atoms with Crippen LogP contribution in [-0.4, -0.2) is 77.5 Å². The molecule has 0 saturated carbocycles. The normalized spacial score (nSPS) is 24.8. The van der Waals surface area contributed by atoms with Crippen molar-refractivity contribution in [1.82, 2.24) is 0 Å². The summed E-state index contributed by atoms with van der Waals surface area (Å²) in [6.07, 6.45) is -9.87. The summed E-state index contributed by atoms with van der Waals surface area (Å²) in [5.74, 6) is -5.20. The van der Waals surface area contributed by atoms with Gasteiger partial charge in [-0.2, -0.15) is 0 Å². The van der Waals surface area contributed by atoms with Crippen molar-refractivity contribution < 1.29 is 59.5 Å². The maximum absolute atomic E-state index is 12.5. The minimum atomic E-state index is -2.03. The quantitative estimate of drug-likeness (QED) is 0.128. The third-order valence-electron chi connectivity index (χ3n) is 5.22. The van der Waals surface area contributed by atoms with Crippen LogP contribution in [0.5, 0.6) is 28.7 Å². The number of aliphatic hydroxyl groups excluding tert-OH is 4. The van der Waals surface area contributed by atoms with Crippen molar-refractivity contribution in [3.8, 4) is 40.1 Å². The number of aliphatic hydroxyl groups is 4. The monoisotopic (exact) mass is 478 g/mol. The first kappa shape index (κ1) is 23.3. The second-order valence-corrected chi connectivity index (χ2v) is 7.46. The van der Waals surface area contributed by atoms with Crippen LogP contribution >= 0.6 is 0 Å². The number of fused-ring (bicyclic) bond motifs is 1. The Bertz CT molecular complexity index is 1330. The van der Waals surface area contributed by atoms with Gasteiger partial charge in [-0.05, 0) is 18.2 Å². The maximum atomic E-state index is 12.5. The third kappa shape index (κ3) is 3.87. The molecule has 0 aliphatic carbocycles. The Hall–Kier alpha value is -3.88. The Labute approximate surface area is 188 Å². The van der Waals surface area contributed by atoms with E-state index in [1.807, 2.05) is 0 Å². The number of esters is 1. The standard InChI is InChI=1S/C21H18O13/c22-7-2-1-6(3-8(7)23)10-4-9(24)13-11(32-10)5-12(14(25)15(13)26)33-21(31)19-17(28)16(27)18(29)20(30)34-19/h1-5,16-20,22-23,25-30H. The highest BCUT2D eigenvalue weighted by molar-refractivity contribution is 5.91. The molecule has 1 fully saturated rings. The van der Waals surface area contributed by atoms with E-state index >= 15 is 0 Å². The molecule has 1 aromatic heterocycles. The summed E-state index contributed by atoms with van der Waals surface area (Å²) in [4.78, 5) is 25.0. The van der Waals surface area contributed by atoms with E-state index in [9.17, 15) is 50.4 Å². The number of phenols is 4. The lowest BCUT2D eigenvalue weighted by atomic mass is 9.99. The van der Waals surface area contributed by atoms with Gasteiger partial charge in [0.2, 0.25) is 5.75 Å². The van der Waals surface area contributed by atoms with Crippen LogP contribution in [0.15, 0.2) is 39.5 Å². The molecule has 0 amide bonds. The number of phenolic OH excluding ortho intramolecular Hbond substituents is 4. The summed E-state index contributed by atoms with van der Waals surface area (Å²) in [7, 11) is 0. The molecule has 0 radical (unpaired) electrons. The summed E-state index contributed by atoms with van der Waals surface area (Å²) < 4.78 is 15.2. The van der Waals surface area contributed by atoms with Crippen LogP contribution < -0.4 is 10.2 Å². The largest absolute Gasteiger partial charge is 0.504 e. The van der Waals surface area contributed by atoms with E-state index < -0.39 is 76.2 Å². The van der Waals surface area contributed by atoms with E-state index in [0.717, 1.165) is 24.3 Å². The van der Waals surface area contributed by atoms with Crippen LogP contribution in [0.4, 0.5) is 0 Å². The number of rotatable bonds is 3. The lowest BCUT2D eigenvalue weighted by Crippen LogP contribution is -2.60. The summed E-state index contributed by atoms with van der Waals surface area (Å²) >= 11 is 0. The molecule has 4 rings (SSSR count). The molecule has 34 heavy (non-hydrogen) atoms. The molecule has 8 N–H and O–H groups in total. The van der Waals surface area contributed by atoms with Crippen LogP contribution in [-0.2, 0) is 9.53 Å². The molecule has 5 atom stereocenters. The van der Waals surface area contributed by atoms with Crippen LogP contribution in [0, 0.1) is 0 Å². The first-order valence-corrected chi connectivity index (χ1v) is 9.64. The molecule has 2 heterocycles. The van der Waals surface area contributed by atoms with Gasteiger partial charge in [0.05, 0.1) is 0 Å². The van der Waals surface area contributed by atoms with Gasteiger partial charge in [0.25, 0.3) is 0 Å². The Balaban J connectivity index is 1.73. The van der Waals surface area contributed by atoms with Crippen molar-refractivity contribution in [2.45, 2.75) is 30.7 Å². The molecule has 13 nitrogen and oxygen atoms in total. The number of carbonyl (C=O) groups is 1. The maximum Gasteiger partial charge on any atom is 0.343 e.